The molecule has 1 nitrogen and oxygen atoms in total. The van der Waals surface area contributed by atoms with Gasteiger partial charge in [0.1, 0.15) is 0 Å². The summed E-state index contributed by atoms with van der Waals surface area (Å²) in [4.78, 5) is 0. The molecule has 19 heavy (non-hydrogen) atoms. The van der Waals surface area contributed by atoms with Gasteiger partial charge in [0, 0.05) is 0 Å². The van der Waals surface area contributed by atoms with E-state index < -0.39 is 0 Å². The highest BCUT2D eigenvalue weighted by Gasteiger charge is 2.37. The van der Waals surface area contributed by atoms with Crippen LogP contribution in [0.5, 0.6) is 0 Å². The largest absolute Gasteiger partial charge is 0.198 e. The maximum atomic E-state index is 9.47. The Morgan fingerprint density at radius 2 is 1.68 bits per heavy atom. The van der Waals surface area contributed by atoms with Crippen molar-refractivity contribution in [3.8, 4) is 6.07 Å². The Hall–Kier alpha value is -0.770. The van der Waals surface area contributed by atoms with Crippen molar-refractivity contribution in [3.63, 3.8) is 0 Å². The number of nitrogens with zero attached hydrogens (tertiary/aromatic N) is 1. The van der Waals surface area contributed by atoms with Gasteiger partial charge in [-0.15, -0.1) is 6.58 Å². The third kappa shape index (κ3) is 3.41. The molecule has 2 aliphatic rings. The molecule has 0 heterocycles. The van der Waals surface area contributed by atoms with Gasteiger partial charge in [-0.2, -0.15) is 5.26 Å². The number of hydrogen-bond acceptors (Lipinski definition) is 1. The molecule has 0 bridgehead atoms. The van der Waals surface area contributed by atoms with E-state index in [-0.39, 0.29) is 5.41 Å². The molecule has 0 aliphatic heterocycles. The molecule has 2 aliphatic carbocycles. The first-order chi connectivity index (χ1) is 9.23. The maximum absolute atomic E-state index is 9.47. The van der Waals surface area contributed by atoms with Gasteiger partial charge in [0.15, 0.2) is 0 Å². The molecular formula is C18H29N. The quantitative estimate of drug-likeness (QED) is 0.613. The van der Waals surface area contributed by atoms with Crippen LogP contribution in [-0.2, 0) is 0 Å². The molecule has 0 atom stereocenters. The summed E-state index contributed by atoms with van der Waals surface area (Å²) in [7, 11) is 0. The summed E-state index contributed by atoms with van der Waals surface area (Å²) in [5.41, 5.74) is 0.0313. The van der Waals surface area contributed by atoms with E-state index in [1.807, 2.05) is 0 Å². The van der Waals surface area contributed by atoms with E-state index in [4.69, 9.17) is 0 Å². The summed E-state index contributed by atoms with van der Waals surface area (Å²) in [6.45, 7) is 6.15. The molecule has 106 valence electrons. The Labute approximate surface area is 119 Å². The Bertz CT molecular complexity index is 322. The van der Waals surface area contributed by atoms with Crippen LogP contribution < -0.4 is 0 Å². The van der Waals surface area contributed by atoms with E-state index in [0.717, 1.165) is 43.4 Å². The third-order valence-corrected chi connectivity index (χ3v) is 5.77. The van der Waals surface area contributed by atoms with E-state index in [2.05, 4.69) is 25.6 Å². The molecule has 0 spiro atoms. The van der Waals surface area contributed by atoms with Gasteiger partial charge in [-0.05, 0) is 75.5 Å². The van der Waals surface area contributed by atoms with Crippen LogP contribution in [0.2, 0.25) is 0 Å². The van der Waals surface area contributed by atoms with Gasteiger partial charge < -0.3 is 0 Å². The maximum Gasteiger partial charge on any atom is 0.0689 e. The summed E-state index contributed by atoms with van der Waals surface area (Å²) in [6, 6.07) is 2.64. The minimum atomic E-state index is 0.0313. The molecule has 2 saturated carbocycles. The number of allylic oxidation sites excluding steroid dienone is 1. The molecule has 0 unspecified atom stereocenters. The van der Waals surface area contributed by atoms with Crippen LogP contribution in [0, 0.1) is 34.5 Å². The predicted octanol–water partition coefficient (Wildman–Crippen LogP) is 5.48. The van der Waals surface area contributed by atoms with Gasteiger partial charge in [0.05, 0.1) is 11.5 Å². The zero-order valence-corrected chi connectivity index (χ0v) is 12.5. The van der Waals surface area contributed by atoms with Crippen molar-refractivity contribution in [1.29, 1.82) is 5.26 Å². The molecule has 0 amide bonds. The van der Waals surface area contributed by atoms with Crippen molar-refractivity contribution >= 4 is 0 Å². The van der Waals surface area contributed by atoms with Gasteiger partial charge in [0.25, 0.3) is 0 Å². The molecular weight excluding hydrogens is 230 g/mol. The van der Waals surface area contributed by atoms with Crippen molar-refractivity contribution in [1.82, 2.24) is 0 Å². The molecule has 2 rings (SSSR count). The molecule has 0 aromatic heterocycles. The fourth-order valence-corrected chi connectivity index (χ4v) is 4.41. The smallest absolute Gasteiger partial charge is 0.0689 e. The van der Waals surface area contributed by atoms with Crippen molar-refractivity contribution in [2.45, 2.75) is 71.1 Å². The molecule has 0 saturated heterocycles. The number of rotatable bonds is 4. The van der Waals surface area contributed by atoms with E-state index in [1.165, 1.54) is 38.5 Å². The lowest BCUT2D eigenvalue weighted by Crippen LogP contribution is -2.30. The SMILES string of the molecule is C=CC1CCC(C2CCC(C#N)(CCC)CC2)CC1. The van der Waals surface area contributed by atoms with Gasteiger partial charge in [-0.3, -0.25) is 0 Å². The lowest BCUT2D eigenvalue weighted by Gasteiger charge is -2.40. The highest BCUT2D eigenvalue weighted by Crippen LogP contribution is 2.47. The van der Waals surface area contributed by atoms with Gasteiger partial charge in [-0.1, -0.05) is 19.4 Å². The topological polar surface area (TPSA) is 23.8 Å². The second-order valence-electron chi connectivity index (χ2n) is 6.89. The Balaban J connectivity index is 1.83. The van der Waals surface area contributed by atoms with Crippen molar-refractivity contribution in [2.24, 2.45) is 23.2 Å². The molecule has 1 heteroatoms. The zero-order chi connectivity index (χ0) is 13.7. The molecule has 2 fully saturated rings. The van der Waals surface area contributed by atoms with Gasteiger partial charge >= 0.3 is 0 Å². The Morgan fingerprint density at radius 1 is 1.11 bits per heavy atom. The summed E-state index contributed by atoms with van der Waals surface area (Å²) in [6.07, 6.45) is 14.8. The average molecular weight is 259 g/mol. The highest BCUT2D eigenvalue weighted by molar-refractivity contribution is 5.02. The fraction of sp³-hybridized carbons (Fsp3) is 0.833. The number of hydrogen-bond donors (Lipinski definition) is 0. The van der Waals surface area contributed by atoms with Crippen LogP contribution in [0.3, 0.4) is 0 Å². The minimum Gasteiger partial charge on any atom is -0.198 e. The summed E-state index contributed by atoms with van der Waals surface area (Å²) < 4.78 is 0. The normalized spacial score (nSPS) is 39.5. The number of nitriles is 1. The standard InChI is InChI=1S/C18H29N/c1-3-11-18(14-19)12-9-17(10-13-18)16-7-5-15(4-2)6-8-16/h4,15-17H,2-3,5-13H2,1H3. The first-order valence-corrected chi connectivity index (χ1v) is 8.27. The van der Waals surface area contributed by atoms with E-state index >= 15 is 0 Å². The van der Waals surface area contributed by atoms with Crippen LogP contribution in [0.15, 0.2) is 12.7 Å². The Kier molecular flexibility index (Phi) is 5.08. The summed E-state index contributed by atoms with van der Waals surface area (Å²) in [5.74, 6) is 2.62. The monoisotopic (exact) mass is 259 g/mol. The van der Waals surface area contributed by atoms with Gasteiger partial charge in [-0.25, -0.2) is 0 Å². The van der Waals surface area contributed by atoms with Crippen LogP contribution >= 0.6 is 0 Å². The average Bonchev–Trinajstić information content (AvgIpc) is 2.48. The van der Waals surface area contributed by atoms with Crippen LogP contribution in [0.1, 0.15) is 71.1 Å². The van der Waals surface area contributed by atoms with E-state index in [9.17, 15) is 5.26 Å². The first-order valence-electron chi connectivity index (χ1n) is 8.27. The zero-order valence-electron chi connectivity index (χ0n) is 12.5. The van der Waals surface area contributed by atoms with E-state index in [0.29, 0.717) is 0 Å². The second kappa shape index (κ2) is 6.60. The highest BCUT2D eigenvalue weighted by atomic mass is 14.4. The van der Waals surface area contributed by atoms with Crippen LogP contribution in [0.25, 0.3) is 0 Å². The molecule has 0 aromatic rings. The van der Waals surface area contributed by atoms with Crippen molar-refractivity contribution in [3.05, 3.63) is 12.7 Å². The summed E-state index contributed by atoms with van der Waals surface area (Å²) in [5, 5.41) is 9.47. The van der Waals surface area contributed by atoms with E-state index in [1.54, 1.807) is 0 Å². The lowest BCUT2D eigenvalue weighted by atomic mass is 9.64. The molecule has 0 aromatic carbocycles. The van der Waals surface area contributed by atoms with Crippen molar-refractivity contribution in [2.75, 3.05) is 0 Å². The third-order valence-electron chi connectivity index (χ3n) is 5.77. The minimum absolute atomic E-state index is 0.0313. The summed E-state index contributed by atoms with van der Waals surface area (Å²) >= 11 is 0. The molecule has 0 radical (unpaired) electrons. The van der Waals surface area contributed by atoms with Crippen LogP contribution in [-0.4, -0.2) is 0 Å². The molecule has 0 N–H and O–H groups in total. The van der Waals surface area contributed by atoms with Crippen LogP contribution in [0.4, 0.5) is 0 Å². The first kappa shape index (κ1) is 14.6. The Morgan fingerprint density at radius 3 is 2.16 bits per heavy atom. The van der Waals surface area contributed by atoms with Crippen molar-refractivity contribution < 1.29 is 0 Å². The fourth-order valence-electron chi connectivity index (χ4n) is 4.41. The predicted molar refractivity (Wildman–Crippen MR) is 80.6 cm³/mol. The van der Waals surface area contributed by atoms with Gasteiger partial charge in [0.2, 0.25) is 0 Å². The second-order valence-corrected chi connectivity index (χ2v) is 6.89. The lowest BCUT2D eigenvalue weighted by molar-refractivity contribution is 0.123.